The number of nitrogens with one attached hydrogen (secondary N) is 1. The van der Waals surface area contributed by atoms with Crippen molar-refractivity contribution in [1.29, 1.82) is 0 Å². The van der Waals surface area contributed by atoms with Crippen LogP contribution in [0.4, 0.5) is 0 Å². The van der Waals surface area contributed by atoms with E-state index in [2.05, 4.69) is 31.0 Å². The van der Waals surface area contributed by atoms with Crippen LogP contribution in [0.3, 0.4) is 0 Å². The fraction of sp³-hybridized carbons (Fsp3) is 1.00. The molecule has 0 spiro atoms. The summed E-state index contributed by atoms with van der Waals surface area (Å²) < 4.78 is 0. The highest BCUT2D eigenvalue weighted by molar-refractivity contribution is 4.87. The van der Waals surface area contributed by atoms with Gasteiger partial charge in [0.05, 0.1) is 0 Å². The van der Waals surface area contributed by atoms with E-state index >= 15 is 0 Å². The third-order valence-electron chi connectivity index (χ3n) is 4.41. The second-order valence-electron chi connectivity index (χ2n) is 6.57. The van der Waals surface area contributed by atoms with Gasteiger partial charge in [0, 0.05) is 18.6 Å². The van der Waals surface area contributed by atoms with E-state index in [-0.39, 0.29) is 0 Å². The highest BCUT2D eigenvalue weighted by Crippen LogP contribution is 2.32. The summed E-state index contributed by atoms with van der Waals surface area (Å²) in [4.78, 5) is 2.70. The lowest BCUT2D eigenvalue weighted by atomic mass is 9.96. The number of rotatable bonds is 2. The normalized spacial score (nSPS) is 36.2. The van der Waals surface area contributed by atoms with E-state index in [4.69, 9.17) is 0 Å². The Morgan fingerprint density at radius 2 is 2.06 bits per heavy atom. The molecule has 2 nitrogen and oxygen atoms in total. The van der Waals surface area contributed by atoms with Gasteiger partial charge in [-0.1, -0.05) is 19.8 Å². The van der Waals surface area contributed by atoms with Crippen LogP contribution < -0.4 is 5.32 Å². The average molecular weight is 224 g/mol. The van der Waals surface area contributed by atoms with E-state index in [0.717, 1.165) is 11.8 Å². The van der Waals surface area contributed by atoms with Crippen molar-refractivity contribution < 1.29 is 0 Å². The zero-order valence-electron chi connectivity index (χ0n) is 11.3. The number of hydrogen-bond donors (Lipinski definition) is 1. The fourth-order valence-corrected chi connectivity index (χ4v) is 3.40. The molecular formula is C14H28N2. The molecule has 2 rings (SSSR count). The Balaban J connectivity index is 1.88. The van der Waals surface area contributed by atoms with Crippen LogP contribution >= 0.6 is 0 Å². The van der Waals surface area contributed by atoms with Crippen LogP contribution in [-0.4, -0.2) is 36.6 Å². The molecular weight excluding hydrogens is 196 g/mol. The molecule has 2 unspecified atom stereocenters. The van der Waals surface area contributed by atoms with Crippen molar-refractivity contribution in [3.8, 4) is 0 Å². The van der Waals surface area contributed by atoms with Crippen molar-refractivity contribution in [2.24, 2.45) is 11.8 Å². The van der Waals surface area contributed by atoms with Gasteiger partial charge in [-0.05, 0) is 51.6 Å². The van der Waals surface area contributed by atoms with E-state index in [9.17, 15) is 0 Å². The lowest BCUT2D eigenvalue weighted by Crippen LogP contribution is -2.47. The van der Waals surface area contributed by atoms with Gasteiger partial charge < -0.3 is 10.2 Å². The summed E-state index contributed by atoms with van der Waals surface area (Å²) in [6.45, 7) is 12.2. The van der Waals surface area contributed by atoms with Gasteiger partial charge in [0.1, 0.15) is 0 Å². The van der Waals surface area contributed by atoms with Crippen LogP contribution in [0, 0.1) is 11.8 Å². The molecule has 2 heteroatoms. The molecule has 2 atom stereocenters. The molecule has 94 valence electrons. The first-order valence-corrected chi connectivity index (χ1v) is 7.04. The standard InChI is InChI=1S/C14H28N2/c1-12-6-4-7-13(12)10-16-9-5-8-15-14(2,3)11-16/h12-13,15H,4-11H2,1-3H3. The van der Waals surface area contributed by atoms with Crippen molar-refractivity contribution in [2.75, 3.05) is 26.2 Å². The maximum absolute atomic E-state index is 3.65. The van der Waals surface area contributed by atoms with Gasteiger partial charge in [-0.25, -0.2) is 0 Å². The quantitative estimate of drug-likeness (QED) is 0.775. The Morgan fingerprint density at radius 1 is 1.25 bits per heavy atom. The summed E-state index contributed by atoms with van der Waals surface area (Å²) >= 11 is 0. The van der Waals surface area contributed by atoms with Crippen LogP contribution in [0.1, 0.15) is 46.5 Å². The van der Waals surface area contributed by atoms with Crippen molar-refractivity contribution in [2.45, 2.75) is 52.0 Å². The van der Waals surface area contributed by atoms with Gasteiger partial charge in [0.2, 0.25) is 0 Å². The van der Waals surface area contributed by atoms with Crippen molar-refractivity contribution in [3.05, 3.63) is 0 Å². The molecule has 0 aromatic rings. The average Bonchev–Trinajstić information content (AvgIpc) is 2.49. The molecule has 1 aliphatic carbocycles. The molecule has 0 radical (unpaired) electrons. The molecule has 0 amide bonds. The molecule has 16 heavy (non-hydrogen) atoms. The summed E-state index contributed by atoms with van der Waals surface area (Å²) in [6.07, 6.45) is 5.69. The monoisotopic (exact) mass is 224 g/mol. The minimum Gasteiger partial charge on any atom is -0.310 e. The Morgan fingerprint density at radius 3 is 2.75 bits per heavy atom. The molecule has 1 saturated heterocycles. The lowest BCUT2D eigenvalue weighted by molar-refractivity contribution is 0.185. The zero-order valence-corrected chi connectivity index (χ0v) is 11.3. The topological polar surface area (TPSA) is 15.3 Å². The summed E-state index contributed by atoms with van der Waals surface area (Å²) in [6, 6.07) is 0. The van der Waals surface area contributed by atoms with Gasteiger partial charge >= 0.3 is 0 Å². The molecule has 0 aromatic carbocycles. The fourth-order valence-electron chi connectivity index (χ4n) is 3.40. The van der Waals surface area contributed by atoms with Gasteiger partial charge in [0.25, 0.3) is 0 Å². The summed E-state index contributed by atoms with van der Waals surface area (Å²) in [5.74, 6) is 1.92. The smallest absolute Gasteiger partial charge is 0.0252 e. The lowest BCUT2D eigenvalue weighted by Gasteiger charge is -2.32. The molecule has 0 aromatic heterocycles. The summed E-state index contributed by atoms with van der Waals surface area (Å²) in [7, 11) is 0. The predicted octanol–water partition coefficient (Wildman–Crippen LogP) is 2.50. The summed E-state index contributed by atoms with van der Waals surface area (Å²) in [5.41, 5.74) is 0.304. The third kappa shape index (κ3) is 3.21. The van der Waals surface area contributed by atoms with Crippen LogP contribution in [0.15, 0.2) is 0 Å². The van der Waals surface area contributed by atoms with Gasteiger partial charge in [-0.2, -0.15) is 0 Å². The highest BCUT2D eigenvalue weighted by atomic mass is 15.2. The largest absolute Gasteiger partial charge is 0.310 e. The van der Waals surface area contributed by atoms with E-state index < -0.39 is 0 Å². The minimum atomic E-state index is 0.304. The SMILES string of the molecule is CC1CCCC1CN1CCCNC(C)(C)C1. The Bertz CT molecular complexity index is 225. The Labute approximate surface area is 101 Å². The second-order valence-corrected chi connectivity index (χ2v) is 6.57. The molecule has 1 saturated carbocycles. The van der Waals surface area contributed by atoms with Crippen LogP contribution in [0.5, 0.6) is 0 Å². The van der Waals surface area contributed by atoms with Crippen LogP contribution in [0.2, 0.25) is 0 Å². The van der Waals surface area contributed by atoms with E-state index in [1.165, 1.54) is 51.9 Å². The predicted molar refractivity (Wildman–Crippen MR) is 69.6 cm³/mol. The zero-order chi connectivity index (χ0) is 11.6. The molecule has 1 N–H and O–H groups in total. The molecule has 0 bridgehead atoms. The Kier molecular flexibility index (Phi) is 3.91. The molecule has 2 fully saturated rings. The van der Waals surface area contributed by atoms with E-state index in [1.807, 2.05) is 0 Å². The molecule has 1 heterocycles. The summed E-state index contributed by atoms with van der Waals surface area (Å²) in [5, 5.41) is 3.65. The number of hydrogen-bond acceptors (Lipinski definition) is 2. The van der Waals surface area contributed by atoms with Crippen LogP contribution in [-0.2, 0) is 0 Å². The minimum absolute atomic E-state index is 0.304. The van der Waals surface area contributed by atoms with Gasteiger partial charge in [-0.15, -0.1) is 0 Å². The van der Waals surface area contributed by atoms with Gasteiger partial charge in [-0.3, -0.25) is 0 Å². The Hall–Kier alpha value is -0.0800. The first-order chi connectivity index (χ1) is 7.57. The van der Waals surface area contributed by atoms with Crippen molar-refractivity contribution in [3.63, 3.8) is 0 Å². The molecule has 2 aliphatic rings. The van der Waals surface area contributed by atoms with E-state index in [0.29, 0.717) is 5.54 Å². The first-order valence-electron chi connectivity index (χ1n) is 7.04. The van der Waals surface area contributed by atoms with Crippen molar-refractivity contribution in [1.82, 2.24) is 10.2 Å². The van der Waals surface area contributed by atoms with E-state index in [1.54, 1.807) is 0 Å². The van der Waals surface area contributed by atoms with Crippen molar-refractivity contribution >= 4 is 0 Å². The second kappa shape index (κ2) is 5.05. The highest BCUT2D eigenvalue weighted by Gasteiger charge is 2.29. The maximum atomic E-state index is 3.65. The van der Waals surface area contributed by atoms with Crippen LogP contribution in [0.25, 0.3) is 0 Å². The maximum Gasteiger partial charge on any atom is 0.0252 e. The van der Waals surface area contributed by atoms with Gasteiger partial charge in [0.15, 0.2) is 0 Å². The first kappa shape index (κ1) is 12.4. The molecule has 1 aliphatic heterocycles. The number of nitrogens with zero attached hydrogens (tertiary/aromatic N) is 1. The third-order valence-corrected chi connectivity index (χ3v) is 4.41.